The number of aryl methyl sites for hydroxylation is 1. The van der Waals surface area contributed by atoms with E-state index in [-0.39, 0.29) is 0 Å². The van der Waals surface area contributed by atoms with Gasteiger partial charge in [-0.05, 0) is 24.6 Å². The zero-order valence-electron chi connectivity index (χ0n) is 10.6. The molecule has 0 fully saturated rings. The van der Waals surface area contributed by atoms with E-state index in [1.807, 2.05) is 30.5 Å². The lowest BCUT2D eigenvalue weighted by molar-refractivity contribution is 0.308. The van der Waals surface area contributed by atoms with E-state index in [0.717, 1.165) is 5.56 Å². The second-order valence-corrected chi connectivity index (χ2v) is 4.94. The fraction of sp³-hybridized carbons (Fsp3) is 0.125. The molecule has 0 atom stereocenters. The average Bonchev–Trinajstić information content (AvgIpc) is 2.83. The van der Waals surface area contributed by atoms with Gasteiger partial charge in [0, 0.05) is 22.7 Å². The minimum Gasteiger partial charge on any atom is -0.487 e. The van der Waals surface area contributed by atoms with Crippen molar-refractivity contribution in [2.45, 2.75) is 13.5 Å². The lowest BCUT2D eigenvalue weighted by atomic mass is 10.1. The smallest absolute Gasteiger partial charge is 0.138 e. The molecule has 1 heterocycles. The first-order chi connectivity index (χ1) is 9.25. The van der Waals surface area contributed by atoms with Crippen molar-refractivity contribution in [3.63, 3.8) is 0 Å². The number of hydrogen-bond acceptors (Lipinski definition) is 1. The highest BCUT2D eigenvalue weighted by Gasteiger charge is 2.07. The number of halogens is 1. The lowest BCUT2D eigenvalue weighted by Gasteiger charge is -2.07. The Morgan fingerprint density at radius 3 is 2.79 bits per heavy atom. The fourth-order valence-corrected chi connectivity index (χ4v) is 2.39. The van der Waals surface area contributed by atoms with Crippen LogP contribution in [0.25, 0.3) is 10.9 Å². The van der Waals surface area contributed by atoms with E-state index in [2.05, 4.69) is 30.1 Å². The summed E-state index contributed by atoms with van der Waals surface area (Å²) >= 11 is 6.08. The average molecular weight is 272 g/mol. The molecule has 0 bridgehead atoms. The topological polar surface area (TPSA) is 25.0 Å². The largest absolute Gasteiger partial charge is 0.487 e. The van der Waals surface area contributed by atoms with Crippen molar-refractivity contribution in [3.8, 4) is 5.75 Å². The van der Waals surface area contributed by atoms with Gasteiger partial charge in [0.1, 0.15) is 12.4 Å². The normalized spacial score (nSPS) is 10.8. The van der Waals surface area contributed by atoms with Crippen LogP contribution >= 0.6 is 11.6 Å². The number of H-pyrrole nitrogens is 1. The van der Waals surface area contributed by atoms with E-state index in [1.54, 1.807) is 0 Å². The number of para-hydroxylation sites is 2. The Kier molecular flexibility index (Phi) is 3.18. The van der Waals surface area contributed by atoms with Crippen LogP contribution in [0.3, 0.4) is 0 Å². The van der Waals surface area contributed by atoms with E-state index in [4.69, 9.17) is 16.3 Å². The predicted molar refractivity (Wildman–Crippen MR) is 78.8 cm³/mol. The number of aromatic amines is 1. The van der Waals surface area contributed by atoms with Crippen LogP contribution < -0.4 is 4.74 Å². The summed E-state index contributed by atoms with van der Waals surface area (Å²) in [4.78, 5) is 3.29. The molecular weight excluding hydrogens is 258 g/mol. The first kappa shape index (κ1) is 12.1. The van der Waals surface area contributed by atoms with Gasteiger partial charge in [0.15, 0.2) is 0 Å². The number of benzene rings is 2. The van der Waals surface area contributed by atoms with Crippen LogP contribution in [-0.2, 0) is 6.61 Å². The molecule has 0 spiro atoms. The molecule has 2 aromatic carbocycles. The first-order valence-corrected chi connectivity index (χ1v) is 6.56. The van der Waals surface area contributed by atoms with Crippen LogP contribution in [0, 0.1) is 6.92 Å². The molecule has 3 rings (SSSR count). The molecule has 3 aromatic rings. The summed E-state index contributed by atoms with van der Waals surface area (Å²) in [6.07, 6.45) is 1.99. The maximum absolute atomic E-state index is 6.08. The summed E-state index contributed by atoms with van der Waals surface area (Å²) in [6.45, 7) is 2.60. The fourth-order valence-electron chi connectivity index (χ4n) is 2.20. The summed E-state index contributed by atoms with van der Waals surface area (Å²) in [6, 6.07) is 13.8. The second kappa shape index (κ2) is 4.98. The van der Waals surface area contributed by atoms with Gasteiger partial charge in [-0.15, -0.1) is 0 Å². The molecule has 19 heavy (non-hydrogen) atoms. The Labute approximate surface area is 117 Å². The number of rotatable bonds is 3. The van der Waals surface area contributed by atoms with Crippen molar-refractivity contribution in [2.75, 3.05) is 0 Å². The van der Waals surface area contributed by atoms with Crippen molar-refractivity contribution in [1.29, 1.82) is 0 Å². The lowest BCUT2D eigenvalue weighted by Crippen LogP contribution is -1.94. The molecule has 0 unspecified atom stereocenters. The molecule has 96 valence electrons. The molecule has 0 aliphatic rings. The van der Waals surface area contributed by atoms with E-state index in [0.29, 0.717) is 17.4 Å². The minimum absolute atomic E-state index is 0.507. The number of fused-ring (bicyclic) bond motifs is 1. The van der Waals surface area contributed by atoms with Gasteiger partial charge in [-0.25, -0.2) is 0 Å². The van der Waals surface area contributed by atoms with Crippen molar-refractivity contribution in [1.82, 2.24) is 4.98 Å². The van der Waals surface area contributed by atoms with Crippen LogP contribution in [0.4, 0.5) is 0 Å². The molecule has 0 radical (unpaired) electrons. The maximum atomic E-state index is 6.08. The Balaban J connectivity index is 1.87. The SMILES string of the molecule is Cc1cccc2c(COc3ccccc3Cl)c[nH]c12. The summed E-state index contributed by atoms with van der Waals surface area (Å²) in [7, 11) is 0. The highest BCUT2D eigenvalue weighted by molar-refractivity contribution is 6.32. The molecule has 0 aliphatic carbocycles. The van der Waals surface area contributed by atoms with E-state index in [9.17, 15) is 0 Å². The predicted octanol–water partition coefficient (Wildman–Crippen LogP) is 4.71. The van der Waals surface area contributed by atoms with Crippen LogP contribution in [0.1, 0.15) is 11.1 Å². The Hall–Kier alpha value is -1.93. The van der Waals surface area contributed by atoms with Crippen LogP contribution in [-0.4, -0.2) is 4.98 Å². The highest BCUT2D eigenvalue weighted by Crippen LogP contribution is 2.26. The highest BCUT2D eigenvalue weighted by atomic mass is 35.5. The van der Waals surface area contributed by atoms with Crippen LogP contribution in [0.15, 0.2) is 48.7 Å². The van der Waals surface area contributed by atoms with Crippen molar-refractivity contribution >= 4 is 22.5 Å². The van der Waals surface area contributed by atoms with Crippen molar-refractivity contribution in [2.24, 2.45) is 0 Å². The van der Waals surface area contributed by atoms with Crippen LogP contribution in [0.5, 0.6) is 5.75 Å². The molecule has 1 aromatic heterocycles. The van der Waals surface area contributed by atoms with E-state index < -0.39 is 0 Å². The quantitative estimate of drug-likeness (QED) is 0.733. The van der Waals surface area contributed by atoms with Gasteiger partial charge in [0.05, 0.1) is 5.02 Å². The summed E-state index contributed by atoms with van der Waals surface area (Å²) in [5, 5.41) is 1.84. The van der Waals surface area contributed by atoms with Crippen molar-refractivity contribution in [3.05, 3.63) is 64.8 Å². The van der Waals surface area contributed by atoms with E-state index >= 15 is 0 Å². The Morgan fingerprint density at radius 2 is 1.95 bits per heavy atom. The number of ether oxygens (including phenoxy) is 1. The summed E-state index contributed by atoms with van der Waals surface area (Å²) < 4.78 is 5.78. The summed E-state index contributed by atoms with van der Waals surface area (Å²) in [5.41, 5.74) is 3.54. The molecule has 0 saturated carbocycles. The second-order valence-electron chi connectivity index (χ2n) is 4.53. The first-order valence-electron chi connectivity index (χ1n) is 6.18. The third-order valence-electron chi connectivity index (χ3n) is 3.23. The van der Waals surface area contributed by atoms with Gasteiger partial charge >= 0.3 is 0 Å². The number of hydrogen-bond donors (Lipinski definition) is 1. The van der Waals surface area contributed by atoms with Gasteiger partial charge in [-0.3, -0.25) is 0 Å². The zero-order chi connectivity index (χ0) is 13.2. The molecule has 1 N–H and O–H groups in total. The van der Waals surface area contributed by atoms with E-state index in [1.165, 1.54) is 16.5 Å². The van der Waals surface area contributed by atoms with Gasteiger partial charge < -0.3 is 9.72 Å². The molecular formula is C16H14ClNO. The Morgan fingerprint density at radius 1 is 1.11 bits per heavy atom. The third kappa shape index (κ3) is 2.32. The van der Waals surface area contributed by atoms with Gasteiger partial charge in [-0.2, -0.15) is 0 Å². The Bertz CT molecular complexity index is 718. The summed E-state index contributed by atoms with van der Waals surface area (Å²) in [5.74, 6) is 0.714. The maximum Gasteiger partial charge on any atom is 0.138 e. The zero-order valence-corrected chi connectivity index (χ0v) is 11.4. The van der Waals surface area contributed by atoms with Gasteiger partial charge in [-0.1, -0.05) is 41.9 Å². The molecule has 0 amide bonds. The number of aromatic nitrogens is 1. The van der Waals surface area contributed by atoms with Crippen molar-refractivity contribution < 1.29 is 4.74 Å². The standard InChI is InChI=1S/C16H14ClNO/c1-11-5-4-6-13-12(9-18-16(11)13)10-19-15-8-3-2-7-14(15)17/h2-9,18H,10H2,1H3. The van der Waals surface area contributed by atoms with Gasteiger partial charge in [0.25, 0.3) is 0 Å². The van der Waals surface area contributed by atoms with Gasteiger partial charge in [0.2, 0.25) is 0 Å². The molecule has 3 heteroatoms. The molecule has 2 nitrogen and oxygen atoms in total. The number of nitrogens with one attached hydrogen (secondary N) is 1. The third-order valence-corrected chi connectivity index (χ3v) is 3.54. The molecule has 0 aliphatic heterocycles. The molecule has 0 saturated heterocycles. The minimum atomic E-state index is 0.507. The monoisotopic (exact) mass is 271 g/mol. The van der Waals surface area contributed by atoms with Crippen LogP contribution in [0.2, 0.25) is 5.02 Å².